The number of aryl methyl sites for hydroxylation is 2. The van der Waals surface area contributed by atoms with Crippen molar-refractivity contribution >= 4 is 45.3 Å². The Bertz CT molecular complexity index is 962. The van der Waals surface area contributed by atoms with E-state index in [0.29, 0.717) is 17.1 Å². The van der Waals surface area contributed by atoms with Crippen molar-refractivity contribution in [2.45, 2.75) is 50.9 Å². The minimum atomic E-state index is -0.530. The highest BCUT2D eigenvalue weighted by atomic mass is 32.2. The van der Waals surface area contributed by atoms with Crippen molar-refractivity contribution in [2.24, 2.45) is 0 Å². The fraction of sp³-hybridized carbons (Fsp3) is 0.444. The number of imide groups is 1. The summed E-state index contributed by atoms with van der Waals surface area (Å²) in [6.07, 6.45) is 4.63. The lowest BCUT2D eigenvalue weighted by atomic mass is 10.2. The molecule has 3 amide bonds. The molecule has 2 N–H and O–H groups in total. The van der Waals surface area contributed by atoms with Crippen LogP contribution >= 0.6 is 23.1 Å². The molecule has 1 aliphatic rings. The Morgan fingerprint density at radius 2 is 2.19 bits per heavy atom. The molecule has 2 heterocycles. The lowest BCUT2D eigenvalue weighted by Gasteiger charge is -2.11. The Balaban J connectivity index is 1.82. The van der Waals surface area contributed by atoms with Crippen LogP contribution in [0.1, 0.15) is 30.7 Å². The summed E-state index contributed by atoms with van der Waals surface area (Å²) in [5, 5.41) is 6.04. The van der Waals surface area contributed by atoms with Gasteiger partial charge in [0.05, 0.1) is 11.1 Å². The maximum Gasteiger partial charge on any atom is 0.321 e. The predicted octanol–water partition coefficient (Wildman–Crippen LogP) is 2.46. The van der Waals surface area contributed by atoms with E-state index in [1.165, 1.54) is 4.88 Å². The van der Waals surface area contributed by atoms with E-state index in [0.717, 1.165) is 41.4 Å². The highest BCUT2D eigenvalue weighted by Crippen LogP contribution is 2.35. The third-order valence-electron chi connectivity index (χ3n) is 4.11. The maximum atomic E-state index is 13.0. The molecule has 0 spiro atoms. The van der Waals surface area contributed by atoms with Gasteiger partial charge in [-0.2, -0.15) is 0 Å². The fourth-order valence-electron chi connectivity index (χ4n) is 3.05. The zero-order valence-electron chi connectivity index (χ0n) is 15.3. The standard InChI is InChI=1S/C18H22N4O3S2/c1-4-8-22-16(24)14-11-6-5-7-12(11)27-15(14)21-18(22)26-9-13(23)20-17(25)19-10(2)3/h4,10H,1,5-9H2,2-3H3,(H2,19,20,23,25). The number of carbonyl (C=O) groups is 2. The van der Waals surface area contributed by atoms with Gasteiger partial charge in [-0.3, -0.25) is 19.5 Å². The van der Waals surface area contributed by atoms with E-state index >= 15 is 0 Å². The topological polar surface area (TPSA) is 93.1 Å². The van der Waals surface area contributed by atoms with Gasteiger partial charge in [0.1, 0.15) is 4.83 Å². The van der Waals surface area contributed by atoms with Gasteiger partial charge in [0.25, 0.3) is 5.56 Å². The first-order valence-electron chi connectivity index (χ1n) is 8.79. The van der Waals surface area contributed by atoms with Gasteiger partial charge in [-0.25, -0.2) is 9.78 Å². The molecule has 0 fully saturated rings. The van der Waals surface area contributed by atoms with Crippen LogP contribution in [0.3, 0.4) is 0 Å². The normalized spacial score (nSPS) is 13.0. The molecule has 1 aliphatic carbocycles. The molecular weight excluding hydrogens is 384 g/mol. The summed E-state index contributed by atoms with van der Waals surface area (Å²) in [7, 11) is 0. The number of urea groups is 1. The number of amides is 3. The quantitative estimate of drug-likeness (QED) is 0.437. The minimum Gasteiger partial charge on any atom is -0.336 e. The van der Waals surface area contributed by atoms with E-state index < -0.39 is 11.9 Å². The SMILES string of the molecule is C=CCn1c(SCC(=O)NC(=O)NC(C)C)nc2sc3c(c2c1=O)CCC3. The summed E-state index contributed by atoms with van der Waals surface area (Å²) < 4.78 is 1.55. The maximum absolute atomic E-state index is 13.0. The average Bonchev–Trinajstić information content (AvgIpc) is 3.15. The van der Waals surface area contributed by atoms with Crippen molar-refractivity contribution < 1.29 is 9.59 Å². The van der Waals surface area contributed by atoms with E-state index in [1.807, 2.05) is 13.8 Å². The molecule has 0 bridgehead atoms. The van der Waals surface area contributed by atoms with Crippen LogP contribution in [0.15, 0.2) is 22.6 Å². The number of fused-ring (bicyclic) bond motifs is 3. The number of thioether (sulfide) groups is 1. The van der Waals surface area contributed by atoms with E-state index in [4.69, 9.17) is 0 Å². The first-order chi connectivity index (χ1) is 12.9. The molecule has 0 saturated heterocycles. The largest absolute Gasteiger partial charge is 0.336 e. The minimum absolute atomic E-state index is 0.00824. The molecule has 9 heteroatoms. The van der Waals surface area contributed by atoms with Crippen LogP contribution in [0.2, 0.25) is 0 Å². The smallest absolute Gasteiger partial charge is 0.321 e. The molecule has 0 aliphatic heterocycles. The average molecular weight is 407 g/mol. The number of nitrogens with zero attached hydrogens (tertiary/aromatic N) is 2. The number of thiophene rings is 1. The van der Waals surface area contributed by atoms with Gasteiger partial charge in [0.2, 0.25) is 5.91 Å². The van der Waals surface area contributed by atoms with Gasteiger partial charge in [-0.15, -0.1) is 17.9 Å². The molecule has 144 valence electrons. The second-order valence-corrected chi connectivity index (χ2v) is 8.63. The summed E-state index contributed by atoms with van der Waals surface area (Å²) in [6.45, 7) is 7.66. The summed E-state index contributed by atoms with van der Waals surface area (Å²) in [5.74, 6) is -0.447. The Morgan fingerprint density at radius 3 is 2.89 bits per heavy atom. The van der Waals surface area contributed by atoms with Crippen molar-refractivity contribution in [3.8, 4) is 0 Å². The van der Waals surface area contributed by atoms with E-state index in [9.17, 15) is 14.4 Å². The van der Waals surface area contributed by atoms with Crippen LogP contribution in [-0.2, 0) is 24.2 Å². The number of aromatic nitrogens is 2. The fourth-order valence-corrected chi connectivity index (χ4v) is 5.16. The molecule has 2 aromatic rings. The van der Waals surface area contributed by atoms with Gasteiger partial charge in [0.15, 0.2) is 5.16 Å². The molecule has 0 atom stereocenters. The summed E-state index contributed by atoms with van der Waals surface area (Å²) in [6, 6.07) is -0.592. The first-order valence-corrected chi connectivity index (χ1v) is 10.6. The molecule has 0 saturated carbocycles. The van der Waals surface area contributed by atoms with Crippen LogP contribution < -0.4 is 16.2 Å². The van der Waals surface area contributed by atoms with Gasteiger partial charge in [-0.05, 0) is 38.7 Å². The zero-order valence-corrected chi connectivity index (χ0v) is 17.0. The van der Waals surface area contributed by atoms with E-state index in [-0.39, 0.29) is 17.4 Å². The van der Waals surface area contributed by atoms with Gasteiger partial charge in [-0.1, -0.05) is 17.8 Å². The lowest BCUT2D eigenvalue weighted by molar-refractivity contribution is -0.117. The summed E-state index contributed by atoms with van der Waals surface area (Å²) in [5.41, 5.74) is 1.05. The molecular formula is C18H22N4O3S2. The molecule has 0 aromatic carbocycles. The molecule has 0 radical (unpaired) electrons. The first kappa shape index (κ1) is 19.6. The van der Waals surface area contributed by atoms with Crippen LogP contribution in [0.5, 0.6) is 0 Å². The monoisotopic (exact) mass is 406 g/mol. The number of carbonyl (C=O) groups excluding carboxylic acids is 2. The highest BCUT2D eigenvalue weighted by Gasteiger charge is 2.23. The van der Waals surface area contributed by atoms with Gasteiger partial charge >= 0.3 is 6.03 Å². The van der Waals surface area contributed by atoms with E-state index in [1.54, 1.807) is 22.0 Å². The zero-order chi connectivity index (χ0) is 19.6. The summed E-state index contributed by atoms with van der Waals surface area (Å²) in [4.78, 5) is 43.2. The van der Waals surface area contributed by atoms with Crippen molar-refractivity contribution in [1.29, 1.82) is 0 Å². The number of hydrogen-bond donors (Lipinski definition) is 2. The predicted molar refractivity (Wildman–Crippen MR) is 109 cm³/mol. The second kappa shape index (κ2) is 8.26. The van der Waals surface area contributed by atoms with Crippen LogP contribution in [-0.4, -0.2) is 33.3 Å². The van der Waals surface area contributed by atoms with Gasteiger partial charge in [0, 0.05) is 17.5 Å². The summed E-state index contributed by atoms with van der Waals surface area (Å²) >= 11 is 2.71. The molecule has 7 nitrogen and oxygen atoms in total. The highest BCUT2D eigenvalue weighted by molar-refractivity contribution is 7.99. The van der Waals surface area contributed by atoms with Gasteiger partial charge < -0.3 is 5.32 Å². The number of allylic oxidation sites excluding steroid dienone is 1. The number of rotatable bonds is 6. The van der Waals surface area contributed by atoms with Crippen LogP contribution in [0.4, 0.5) is 4.79 Å². The Labute approximate surface area is 165 Å². The Hall–Kier alpha value is -2.13. The van der Waals surface area contributed by atoms with Crippen LogP contribution in [0, 0.1) is 0 Å². The van der Waals surface area contributed by atoms with E-state index in [2.05, 4.69) is 22.2 Å². The number of hydrogen-bond acceptors (Lipinski definition) is 6. The second-order valence-electron chi connectivity index (χ2n) is 6.60. The third-order valence-corrected chi connectivity index (χ3v) is 6.27. The molecule has 0 unspecified atom stereocenters. The molecule has 3 rings (SSSR count). The lowest BCUT2D eigenvalue weighted by Crippen LogP contribution is -2.43. The molecule has 27 heavy (non-hydrogen) atoms. The Morgan fingerprint density at radius 1 is 1.41 bits per heavy atom. The number of nitrogens with one attached hydrogen (secondary N) is 2. The van der Waals surface area contributed by atoms with Crippen molar-refractivity contribution in [3.05, 3.63) is 33.4 Å². The van der Waals surface area contributed by atoms with Crippen molar-refractivity contribution in [3.63, 3.8) is 0 Å². The van der Waals surface area contributed by atoms with Crippen LogP contribution in [0.25, 0.3) is 10.2 Å². The Kier molecular flexibility index (Phi) is 6.01. The van der Waals surface area contributed by atoms with Crippen molar-refractivity contribution in [2.75, 3.05) is 5.75 Å². The third kappa shape index (κ3) is 4.24. The van der Waals surface area contributed by atoms with Crippen molar-refractivity contribution in [1.82, 2.24) is 20.2 Å². The molecule has 2 aromatic heterocycles.